The Morgan fingerprint density at radius 3 is 2.70 bits per heavy atom. The monoisotopic (exact) mass is 361 g/mol. The molecule has 5 heteroatoms. The zero-order chi connectivity index (χ0) is 18.6. The van der Waals surface area contributed by atoms with Crippen LogP contribution in [-0.2, 0) is 0 Å². The fraction of sp³-hybridized carbons (Fsp3) is 0.318. The molecule has 5 nitrogen and oxygen atoms in total. The molecular weight excluding hydrogens is 338 g/mol. The highest BCUT2D eigenvalue weighted by molar-refractivity contribution is 6.00. The molecule has 0 saturated carbocycles. The van der Waals surface area contributed by atoms with E-state index in [2.05, 4.69) is 17.1 Å². The number of amides is 1. The van der Waals surface area contributed by atoms with Gasteiger partial charge in [0.15, 0.2) is 0 Å². The first-order valence-electron chi connectivity index (χ1n) is 9.57. The van der Waals surface area contributed by atoms with Crippen molar-refractivity contribution < 1.29 is 9.32 Å². The van der Waals surface area contributed by atoms with Gasteiger partial charge >= 0.3 is 0 Å². The van der Waals surface area contributed by atoms with E-state index in [0.717, 1.165) is 31.4 Å². The van der Waals surface area contributed by atoms with Crippen molar-refractivity contribution in [1.82, 2.24) is 15.0 Å². The third kappa shape index (κ3) is 3.50. The molecule has 1 unspecified atom stereocenters. The molecule has 138 valence electrons. The van der Waals surface area contributed by atoms with Crippen LogP contribution in [0, 0.1) is 0 Å². The van der Waals surface area contributed by atoms with Crippen LogP contribution in [-0.4, -0.2) is 33.5 Å². The van der Waals surface area contributed by atoms with Gasteiger partial charge in [-0.2, -0.15) is 4.98 Å². The summed E-state index contributed by atoms with van der Waals surface area (Å²) < 4.78 is 5.50. The van der Waals surface area contributed by atoms with Crippen LogP contribution < -0.4 is 0 Å². The maximum Gasteiger partial charge on any atom is 0.259 e. The minimum atomic E-state index is 0.0524. The lowest BCUT2D eigenvalue weighted by Crippen LogP contribution is -2.43. The molecule has 1 atom stereocenters. The van der Waals surface area contributed by atoms with Gasteiger partial charge in [0.05, 0.1) is 11.1 Å². The first-order valence-corrected chi connectivity index (χ1v) is 9.57. The van der Waals surface area contributed by atoms with E-state index < -0.39 is 0 Å². The molecule has 2 heterocycles. The summed E-state index contributed by atoms with van der Waals surface area (Å²) in [6.45, 7) is 2.96. The van der Waals surface area contributed by atoms with E-state index in [4.69, 9.17) is 4.52 Å². The molecule has 1 fully saturated rings. The number of rotatable bonds is 4. The SMILES string of the molecule is CCC1CCCCN1C(=O)c1ccccc1-c1nc(-c2ccccc2)no1. The van der Waals surface area contributed by atoms with Crippen LogP contribution in [0.4, 0.5) is 0 Å². The van der Waals surface area contributed by atoms with E-state index in [9.17, 15) is 4.79 Å². The molecule has 1 saturated heterocycles. The molecule has 0 aliphatic carbocycles. The molecule has 0 bridgehead atoms. The Kier molecular flexibility index (Phi) is 5.01. The van der Waals surface area contributed by atoms with Gasteiger partial charge in [-0.1, -0.05) is 54.5 Å². The van der Waals surface area contributed by atoms with Gasteiger partial charge in [-0.3, -0.25) is 4.79 Å². The van der Waals surface area contributed by atoms with Crippen LogP contribution >= 0.6 is 0 Å². The number of hydrogen-bond donors (Lipinski definition) is 0. The van der Waals surface area contributed by atoms with E-state index in [1.807, 2.05) is 59.5 Å². The summed E-state index contributed by atoms with van der Waals surface area (Å²) in [5.41, 5.74) is 2.21. The summed E-state index contributed by atoms with van der Waals surface area (Å²) in [7, 11) is 0. The Bertz CT molecular complexity index is 920. The minimum Gasteiger partial charge on any atom is -0.336 e. The van der Waals surface area contributed by atoms with Crippen LogP contribution in [0.3, 0.4) is 0 Å². The summed E-state index contributed by atoms with van der Waals surface area (Å²) in [5.74, 6) is 0.955. The highest BCUT2D eigenvalue weighted by atomic mass is 16.5. The van der Waals surface area contributed by atoms with Gasteiger partial charge in [0, 0.05) is 18.2 Å². The standard InChI is InChI=1S/C22H23N3O2/c1-2-17-12-8-9-15-25(17)22(26)19-14-7-6-13-18(19)21-23-20(24-27-21)16-10-4-3-5-11-16/h3-7,10-11,13-14,17H,2,8-9,12,15H2,1H3. The van der Waals surface area contributed by atoms with Crippen LogP contribution in [0.25, 0.3) is 22.8 Å². The highest BCUT2D eigenvalue weighted by Crippen LogP contribution is 2.28. The molecule has 3 aromatic rings. The van der Waals surface area contributed by atoms with Gasteiger partial charge < -0.3 is 9.42 Å². The van der Waals surface area contributed by atoms with Crippen LogP contribution in [0.15, 0.2) is 59.1 Å². The van der Waals surface area contributed by atoms with Crippen LogP contribution in [0.2, 0.25) is 0 Å². The number of hydrogen-bond acceptors (Lipinski definition) is 4. The zero-order valence-corrected chi connectivity index (χ0v) is 15.5. The maximum absolute atomic E-state index is 13.3. The molecular formula is C22H23N3O2. The molecule has 1 amide bonds. The van der Waals surface area contributed by atoms with Crippen molar-refractivity contribution in [2.75, 3.05) is 6.54 Å². The van der Waals surface area contributed by atoms with E-state index in [1.54, 1.807) is 0 Å². The third-order valence-corrected chi connectivity index (χ3v) is 5.21. The van der Waals surface area contributed by atoms with Crippen molar-refractivity contribution >= 4 is 5.91 Å². The fourth-order valence-electron chi connectivity index (χ4n) is 3.74. The molecule has 0 spiro atoms. The van der Waals surface area contributed by atoms with Gasteiger partial charge in [0.2, 0.25) is 5.82 Å². The second-order valence-corrected chi connectivity index (χ2v) is 6.89. The lowest BCUT2D eigenvalue weighted by atomic mass is 9.97. The third-order valence-electron chi connectivity index (χ3n) is 5.21. The van der Waals surface area contributed by atoms with Crippen molar-refractivity contribution in [3.8, 4) is 22.8 Å². The highest BCUT2D eigenvalue weighted by Gasteiger charge is 2.28. The first-order chi connectivity index (χ1) is 13.3. The van der Waals surface area contributed by atoms with Crippen molar-refractivity contribution in [2.24, 2.45) is 0 Å². The van der Waals surface area contributed by atoms with Crippen molar-refractivity contribution in [3.05, 3.63) is 60.2 Å². The summed E-state index contributed by atoms with van der Waals surface area (Å²) in [6.07, 6.45) is 4.30. The number of nitrogens with zero attached hydrogens (tertiary/aromatic N) is 3. The van der Waals surface area contributed by atoms with Gasteiger partial charge in [-0.05, 0) is 37.8 Å². The van der Waals surface area contributed by atoms with Crippen molar-refractivity contribution in [1.29, 1.82) is 0 Å². The topological polar surface area (TPSA) is 59.2 Å². The molecule has 4 rings (SSSR count). The fourth-order valence-corrected chi connectivity index (χ4v) is 3.74. The minimum absolute atomic E-state index is 0.0524. The Balaban J connectivity index is 1.68. The van der Waals surface area contributed by atoms with E-state index in [1.165, 1.54) is 6.42 Å². The van der Waals surface area contributed by atoms with Crippen molar-refractivity contribution in [3.63, 3.8) is 0 Å². The molecule has 0 N–H and O–H groups in total. The average Bonchev–Trinajstić information content (AvgIpc) is 3.24. The second kappa shape index (κ2) is 7.74. The number of carbonyl (C=O) groups excluding carboxylic acids is 1. The lowest BCUT2D eigenvalue weighted by Gasteiger charge is -2.35. The Labute approximate surface area is 159 Å². The van der Waals surface area contributed by atoms with Crippen LogP contribution in [0.5, 0.6) is 0 Å². The largest absolute Gasteiger partial charge is 0.336 e. The molecule has 1 aliphatic rings. The normalized spacial score (nSPS) is 17.1. The van der Waals surface area contributed by atoms with E-state index >= 15 is 0 Å². The lowest BCUT2D eigenvalue weighted by molar-refractivity contribution is 0.0608. The number of benzene rings is 2. The Morgan fingerprint density at radius 1 is 1.11 bits per heavy atom. The average molecular weight is 361 g/mol. The predicted octanol–water partition coefficient (Wildman–Crippen LogP) is 4.81. The van der Waals surface area contributed by atoms with Gasteiger partial charge in [0.25, 0.3) is 11.8 Å². The second-order valence-electron chi connectivity index (χ2n) is 6.89. The van der Waals surface area contributed by atoms with Crippen molar-refractivity contribution in [2.45, 2.75) is 38.6 Å². The smallest absolute Gasteiger partial charge is 0.259 e. The summed E-state index contributed by atoms with van der Waals surface area (Å²) in [4.78, 5) is 19.8. The van der Waals surface area contributed by atoms with Gasteiger partial charge in [0.1, 0.15) is 0 Å². The number of piperidine rings is 1. The van der Waals surface area contributed by atoms with E-state index in [0.29, 0.717) is 28.9 Å². The molecule has 27 heavy (non-hydrogen) atoms. The quantitative estimate of drug-likeness (QED) is 0.669. The summed E-state index contributed by atoms with van der Waals surface area (Å²) in [5, 5.41) is 4.10. The summed E-state index contributed by atoms with van der Waals surface area (Å²) in [6, 6.07) is 17.5. The molecule has 1 aromatic heterocycles. The van der Waals surface area contributed by atoms with Gasteiger partial charge in [-0.15, -0.1) is 0 Å². The number of aromatic nitrogens is 2. The Hall–Kier alpha value is -2.95. The molecule has 2 aromatic carbocycles. The maximum atomic E-state index is 13.3. The van der Waals surface area contributed by atoms with Gasteiger partial charge in [-0.25, -0.2) is 0 Å². The van der Waals surface area contributed by atoms with E-state index in [-0.39, 0.29) is 5.91 Å². The predicted molar refractivity (Wildman–Crippen MR) is 104 cm³/mol. The molecule has 1 aliphatic heterocycles. The number of carbonyl (C=O) groups is 1. The molecule has 0 radical (unpaired) electrons. The zero-order valence-electron chi connectivity index (χ0n) is 15.5. The number of likely N-dealkylation sites (tertiary alicyclic amines) is 1. The first kappa shape index (κ1) is 17.5. The van der Waals surface area contributed by atoms with Crippen LogP contribution in [0.1, 0.15) is 43.0 Å². The summed E-state index contributed by atoms with van der Waals surface area (Å²) >= 11 is 0. The Morgan fingerprint density at radius 2 is 1.89 bits per heavy atom.